The number of pyridine rings is 1. The van der Waals surface area contributed by atoms with Gasteiger partial charge in [-0.2, -0.15) is 0 Å². The highest BCUT2D eigenvalue weighted by Crippen LogP contribution is 2.27. The summed E-state index contributed by atoms with van der Waals surface area (Å²) in [7, 11) is 1.34. The molecule has 3 rings (SSSR count). The summed E-state index contributed by atoms with van der Waals surface area (Å²) in [6.07, 6.45) is 1.68. The third-order valence-corrected chi connectivity index (χ3v) is 3.81. The molecule has 3 aromatic rings. The Hall–Kier alpha value is -3.48. The second-order valence-electron chi connectivity index (χ2n) is 5.31. The van der Waals surface area contributed by atoms with Gasteiger partial charge in [0.15, 0.2) is 5.75 Å². The normalized spacial score (nSPS) is 10.4. The fourth-order valence-electron chi connectivity index (χ4n) is 2.56. The van der Waals surface area contributed by atoms with Gasteiger partial charge in [0.05, 0.1) is 24.3 Å². The summed E-state index contributed by atoms with van der Waals surface area (Å²) in [4.78, 5) is 27.1. The molecule has 0 aliphatic rings. The summed E-state index contributed by atoms with van der Waals surface area (Å²) >= 11 is 0. The second-order valence-corrected chi connectivity index (χ2v) is 5.31. The lowest BCUT2D eigenvalue weighted by Crippen LogP contribution is -2.23. The Labute approximate surface area is 143 Å². The van der Waals surface area contributed by atoms with Crippen LogP contribution in [0.25, 0.3) is 10.8 Å². The Bertz CT molecular complexity index is 951. The molecule has 126 valence electrons. The lowest BCUT2D eigenvalue weighted by molar-refractivity contribution is -0.385. The highest BCUT2D eigenvalue weighted by Gasteiger charge is 2.18. The van der Waals surface area contributed by atoms with Gasteiger partial charge in [0, 0.05) is 23.2 Å². The molecule has 0 spiro atoms. The molecular weight excluding hydrogens is 322 g/mol. The number of carbonyl (C=O) groups excluding carboxylic acids is 1. The molecule has 0 bridgehead atoms. The highest BCUT2D eigenvalue weighted by atomic mass is 16.6. The molecule has 1 aromatic heterocycles. The Morgan fingerprint density at radius 3 is 2.80 bits per heavy atom. The summed E-state index contributed by atoms with van der Waals surface area (Å²) in [5, 5.41) is 15.8. The van der Waals surface area contributed by atoms with Crippen molar-refractivity contribution in [3.63, 3.8) is 0 Å². The topological polar surface area (TPSA) is 94.4 Å². The molecule has 25 heavy (non-hydrogen) atoms. The van der Waals surface area contributed by atoms with Crippen LogP contribution in [0, 0.1) is 10.1 Å². The van der Waals surface area contributed by atoms with Crippen molar-refractivity contribution >= 4 is 22.4 Å². The van der Waals surface area contributed by atoms with E-state index in [2.05, 4.69) is 10.3 Å². The monoisotopic (exact) mass is 337 g/mol. The van der Waals surface area contributed by atoms with Crippen LogP contribution in [0.2, 0.25) is 0 Å². The van der Waals surface area contributed by atoms with Gasteiger partial charge in [-0.05, 0) is 23.6 Å². The number of methoxy groups -OCH3 is 1. The molecular formula is C18H15N3O4. The minimum atomic E-state index is -0.581. The summed E-state index contributed by atoms with van der Waals surface area (Å²) in [6, 6.07) is 13.7. The minimum Gasteiger partial charge on any atom is -0.490 e. The van der Waals surface area contributed by atoms with Crippen molar-refractivity contribution in [1.29, 1.82) is 0 Å². The van der Waals surface area contributed by atoms with Gasteiger partial charge < -0.3 is 10.1 Å². The van der Waals surface area contributed by atoms with Gasteiger partial charge in [-0.1, -0.05) is 24.3 Å². The largest absolute Gasteiger partial charge is 0.490 e. The van der Waals surface area contributed by atoms with Crippen LogP contribution < -0.4 is 10.1 Å². The number of nitrogens with zero attached hydrogens (tertiary/aromatic N) is 2. The maximum absolute atomic E-state index is 12.3. The van der Waals surface area contributed by atoms with E-state index in [1.165, 1.54) is 25.3 Å². The smallest absolute Gasteiger partial charge is 0.311 e. The molecule has 0 aliphatic carbocycles. The number of ether oxygens (including phenoxy) is 1. The van der Waals surface area contributed by atoms with Crippen LogP contribution in [0.5, 0.6) is 5.75 Å². The summed E-state index contributed by atoms with van der Waals surface area (Å²) in [5.41, 5.74) is 0.667. The van der Waals surface area contributed by atoms with Crippen LogP contribution in [0.4, 0.5) is 5.69 Å². The van der Waals surface area contributed by atoms with Gasteiger partial charge in [0.25, 0.3) is 5.91 Å². The van der Waals surface area contributed by atoms with Crippen molar-refractivity contribution in [3.8, 4) is 5.75 Å². The maximum Gasteiger partial charge on any atom is 0.311 e. The molecule has 0 radical (unpaired) electrons. The standard InChI is InChI=1S/C18H15N3O4/c1-25-17-7-6-13(10-16(17)21(23)24)18(22)20-11-15-14-5-3-2-4-12(14)8-9-19-15/h2-10H,11H2,1H3,(H,20,22). The van der Waals surface area contributed by atoms with Crippen LogP contribution in [0.15, 0.2) is 54.7 Å². The first kappa shape index (κ1) is 16.4. The molecule has 1 amide bonds. The predicted octanol–water partition coefficient (Wildman–Crippen LogP) is 3.08. The zero-order valence-corrected chi connectivity index (χ0v) is 13.4. The first-order chi connectivity index (χ1) is 12.1. The number of hydrogen-bond donors (Lipinski definition) is 1. The van der Waals surface area contributed by atoms with Crippen LogP contribution in [-0.4, -0.2) is 22.9 Å². The average molecular weight is 337 g/mol. The summed E-state index contributed by atoms with van der Waals surface area (Å²) in [5.74, 6) is -0.308. The lowest BCUT2D eigenvalue weighted by Gasteiger charge is -2.08. The minimum absolute atomic E-state index is 0.109. The molecule has 0 saturated carbocycles. The fraction of sp³-hybridized carbons (Fsp3) is 0.111. The van der Waals surface area contributed by atoms with Crippen molar-refractivity contribution in [2.75, 3.05) is 7.11 Å². The Morgan fingerprint density at radius 1 is 1.24 bits per heavy atom. The van der Waals surface area contributed by atoms with Crippen LogP contribution >= 0.6 is 0 Å². The summed E-state index contributed by atoms with van der Waals surface area (Å²) in [6.45, 7) is 0.222. The van der Waals surface area contributed by atoms with E-state index in [-0.39, 0.29) is 23.5 Å². The Kier molecular flexibility index (Phi) is 4.56. The molecule has 0 saturated heterocycles. The number of rotatable bonds is 5. The average Bonchev–Trinajstić information content (AvgIpc) is 2.65. The third-order valence-electron chi connectivity index (χ3n) is 3.81. The van der Waals surface area contributed by atoms with Gasteiger partial charge in [-0.3, -0.25) is 19.9 Å². The van der Waals surface area contributed by atoms with Crippen LogP contribution in [0.3, 0.4) is 0 Å². The van der Waals surface area contributed by atoms with Gasteiger partial charge in [-0.15, -0.1) is 0 Å². The van der Waals surface area contributed by atoms with Gasteiger partial charge in [-0.25, -0.2) is 0 Å². The summed E-state index contributed by atoms with van der Waals surface area (Å²) < 4.78 is 4.94. The maximum atomic E-state index is 12.3. The van der Waals surface area contributed by atoms with Gasteiger partial charge in [0.1, 0.15) is 0 Å². The fourth-order valence-corrected chi connectivity index (χ4v) is 2.56. The number of hydrogen-bond acceptors (Lipinski definition) is 5. The lowest BCUT2D eigenvalue weighted by atomic mass is 10.1. The SMILES string of the molecule is COc1ccc(C(=O)NCc2nccc3ccccc23)cc1[N+](=O)[O-]. The van der Waals surface area contributed by atoms with E-state index in [1.807, 2.05) is 30.3 Å². The molecule has 1 N–H and O–H groups in total. The number of nitro benzene ring substituents is 1. The van der Waals surface area contributed by atoms with Crippen molar-refractivity contribution in [1.82, 2.24) is 10.3 Å². The number of amides is 1. The van der Waals surface area contributed by atoms with Crippen LogP contribution in [-0.2, 0) is 6.54 Å². The first-order valence-electron chi connectivity index (χ1n) is 7.53. The molecule has 0 atom stereocenters. The Morgan fingerprint density at radius 2 is 2.04 bits per heavy atom. The molecule has 1 heterocycles. The molecule has 0 aliphatic heterocycles. The van der Waals surface area contributed by atoms with E-state index in [9.17, 15) is 14.9 Å². The zero-order valence-electron chi connectivity index (χ0n) is 13.4. The number of benzene rings is 2. The molecule has 2 aromatic carbocycles. The highest BCUT2D eigenvalue weighted by molar-refractivity contribution is 5.95. The third kappa shape index (κ3) is 3.40. The van der Waals surface area contributed by atoms with Crippen molar-refractivity contribution in [3.05, 3.63) is 76.1 Å². The van der Waals surface area contributed by atoms with Crippen molar-refractivity contribution in [2.45, 2.75) is 6.54 Å². The first-order valence-corrected chi connectivity index (χ1v) is 7.53. The van der Waals surface area contributed by atoms with E-state index in [0.717, 1.165) is 16.5 Å². The van der Waals surface area contributed by atoms with E-state index in [1.54, 1.807) is 6.20 Å². The van der Waals surface area contributed by atoms with E-state index in [4.69, 9.17) is 4.74 Å². The molecule has 7 nitrogen and oxygen atoms in total. The quantitative estimate of drug-likeness (QED) is 0.570. The zero-order chi connectivity index (χ0) is 17.8. The molecule has 0 unspecified atom stereocenters. The number of aromatic nitrogens is 1. The van der Waals surface area contributed by atoms with Crippen molar-refractivity contribution in [2.24, 2.45) is 0 Å². The number of nitrogens with one attached hydrogen (secondary N) is 1. The second kappa shape index (κ2) is 6.96. The van der Waals surface area contributed by atoms with Crippen molar-refractivity contribution < 1.29 is 14.5 Å². The molecule has 0 fully saturated rings. The van der Waals surface area contributed by atoms with Crippen LogP contribution in [0.1, 0.15) is 16.1 Å². The number of fused-ring (bicyclic) bond motifs is 1. The van der Waals surface area contributed by atoms with E-state index < -0.39 is 10.8 Å². The Balaban J connectivity index is 1.81. The number of carbonyl (C=O) groups is 1. The van der Waals surface area contributed by atoms with Gasteiger partial charge in [0.2, 0.25) is 0 Å². The predicted molar refractivity (Wildman–Crippen MR) is 92.6 cm³/mol. The van der Waals surface area contributed by atoms with Gasteiger partial charge >= 0.3 is 5.69 Å². The molecule has 7 heteroatoms. The number of nitro groups is 1. The van der Waals surface area contributed by atoms with E-state index in [0.29, 0.717) is 0 Å². The van der Waals surface area contributed by atoms with E-state index >= 15 is 0 Å².